The third-order valence-corrected chi connectivity index (χ3v) is 5.69. The maximum absolute atomic E-state index is 11.6. The highest BCUT2D eigenvalue weighted by atomic mass is 28.3. The molecule has 2 heterocycles. The number of rotatable bonds is 8. The Hall–Kier alpha value is -1.99. The van der Waals surface area contributed by atoms with Gasteiger partial charge in [-0.2, -0.15) is 0 Å². The number of aryl methyl sites for hydroxylation is 1. The molecule has 0 saturated heterocycles. The fourth-order valence-corrected chi connectivity index (χ4v) is 3.36. The number of imidazole rings is 1. The minimum absolute atomic E-state index is 0.0225. The van der Waals surface area contributed by atoms with E-state index in [1.54, 1.807) is 10.8 Å². The molecular formula is C18H27N3O3Si. The molecule has 0 fully saturated rings. The number of carboxylic acid groups (broad SMARTS) is 1. The van der Waals surface area contributed by atoms with Crippen LogP contribution in [0.3, 0.4) is 0 Å². The molecule has 6 nitrogen and oxygen atoms in total. The number of carboxylic acids is 1. The number of nitrogens with zero attached hydrogens (tertiary/aromatic N) is 3. The molecule has 0 atom stereocenters. The highest BCUT2D eigenvalue weighted by Crippen LogP contribution is 2.25. The van der Waals surface area contributed by atoms with Gasteiger partial charge in [0.1, 0.15) is 6.73 Å². The third-order valence-electron chi connectivity index (χ3n) is 3.99. The number of aromatic nitrogens is 3. The molecular weight excluding hydrogens is 334 g/mol. The van der Waals surface area contributed by atoms with Crippen LogP contribution in [0, 0.1) is 6.92 Å². The highest BCUT2D eigenvalue weighted by Gasteiger charge is 2.22. The van der Waals surface area contributed by atoms with Crippen molar-refractivity contribution < 1.29 is 14.6 Å². The van der Waals surface area contributed by atoms with Gasteiger partial charge in [0, 0.05) is 37.8 Å². The van der Waals surface area contributed by atoms with E-state index in [0.29, 0.717) is 18.7 Å². The Bertz CT molecular complexity index is 751. The summed E-state index contributed by atoms with van der Waals surface area (Å²) in [4.78, 5) is 20.2. The molecule has 7 heteroatoms. The predicted molar refractivity (Wildman–Crippen MR) is 101 cm³/mol. The minimum Gasteiger partial charge on any atom is -0.475 e. The second-order valence-electron chi connectivity index (χ2n) is 7.35. The molecule has 0 spiro atoms. The molecule has 0 unspecified atom stereocenters. The SMILES string of the molecule is CCc1c(-c2ccnc(C)c2)nc(C(=O)O)n1COCC[Si](C)(C)C. The van der Waals surface area contributed by atoms with Gasteiger partial charge in [-0.25, -0.2) is 9.78 Å². The molecule has 2 rings (SSSR count). The molecule has 136 valence electrons. The van der Waals surface area contributed by atoms with Crippen LogP contribution in [0.5, 0.6) is 0 Å². The van der Waals surface area contributed by atoms with Crippen molar-refractivity contribution >= 4 is 14.0 Å². The summed E-state index contributed by atoms with van der Waals surface area (Å²) < 4.78 is 7.46. The molecule has 0 saturated carbocycles. The largest absolute Gasteiger partial charge is 0.475 e. The summed E-state index contributed by atoms with van der Waals surface area (Å²) in [7, 11) is -1.18. The molecule has 0 amide bonds. The van der Waals surface area contributed by atoms with Crippen molar-refractivity contribution in [3.05, 3.63) is 35.5 Å². The summed E-state index contributed by atoms with van der Waals surface area (Å²) in [6.45, 7) is 11.6. The number of hydrogen-bond donors (Lipinski definition) is 1. The van der Waals surface area contributed by atoms with Crippen molar-refractivity contribution in [2.24, 2.45) is 0 Å². The topological polar surface area (TPSA) is 77.2 Å². The van der Waals surface area contributed by atoms with Crippen molar-refractivity contribution in [1.82, 2.24) is 14.5 Å². The molecule has 0 aliphatic carbocycles. The third kappa shape index (κ3) is 4.99. The van der Waals surface area contributed by atoms with Crippen LogP contribution in [0.15, 0.2) is 18.3 Å². The Labute approximate surface area is 149 Å². The smallest absolute Gasteiger partial charge is 0.372 e. The summed E-state index contributed by atoms with van der Waals surface area (Å²) in [5.41, 5.74) is 3.32. The number of aromatic carboxylic acids is 1. The molecule has 0 radical (unpaired) electrons. The fourth-order valence-electron chi connectivity index (χ4n) is 2.61. The van der Waals surface area contributed by atoms with E-state index in [4.69, 9.17) is 4.74 Å². The Morgan fingerprint density at radius 2 is 2.08 bits per heavy atom. The zero-order chi connectivity index (χ0) is 18.6. The van der Waals surface area contributed by atoms with Gasteiger partial charge in [0.15, 0.2) is 0 Å². The molecule has 0 aromatic carbocycles. The van der Waals surface area contributed by atoms with E-state index < -0.39 is 14.0 Å². The lowest BCUT2D eigenvalue weighted by molar-refractivity contribution is 0.0608. The van der Waals surface area contributed by atoms with Crippen LogP contribution in [0.4, 0.5) is 0 Å². The Kier molecular flexibility index (Phi) is 6.13. The summed E-state index contributed by atoms with van der Waals surface area (Å²) in [6.07, 6.45) is 2.39. The van der Waals surface area contributed by atoms with Crippen LogP contribution in [0.25, 0.3) is 11.3 Å². The van der Waals surface area contributed by atoms with Crippen LogP contribution < -0.4 is 0 Å². The first-order valence-corrected chi connectivity index (χ1v) is 12.3. The average Bonchev–Trinajstić information content (AvgIpc) is 2.89. The molecule has 0 bridgehead atoms. The van der Waals surface area contributed by atoms with Gasteiger partial charge in [-0.15, -0.1) is 0 Å². The van der Waals surface area contributed by atoms with E-state index in [0.717, 1.165) is 23.0 Å². The van der Waals surface area contributed by atoms with Crippen LogP contribution in [0.2, 0.25) is 25.7 Å². The van der Waals surface area contributed by atoms with E-state index in [-0.39, 0.29) is 12.6 Å². The standard InChI is InChI=1S/C18H27N3O3Si/c1-6-15-16(14-7-8-19-13(2)11-14)20-17(18(22)23)21(15)12-24-9-10-25(3,4)5/h7-8,11H,6,9-10,12H2,1-5H3,(H,22,23). The average molecular weight is 362 g/mol. The quantitative estimate of drug-likeness (QED) is 0.571. The van der Waals surface area contributed by atoms with Gasteiger partial charge in [-0.1, -0.05) is 26.6 Å². The van der Waals surface area contributed by atoms with Gasteiger partial charge in [0.25, 0.3) is 0 Å². The second-order valence-corrected chi connectivity index (χ2v) is 13.0. The van der Waals surface area contributed by atoms with E-state index in [2.05, 4.69) is 29.6 Å². The molecule has 25 heavy (non-hydrogen) atoms. The van der Waals surface area contributed by atoms with E-state index in [1.807, 2.05) is 26.0 Å². The fraction of sp³-hybridized carbons (Fsp3) is 0.500. The van der Waals surface area contributed by atoms with Crippen molar-refractivity contribution in [2.75, 3.05) is 6.61 Å². The molecule has 2 aromatic heterocycles. The van der Waals surface area contributed by atoms with Gasteiger partial charge < -0.3 is 9.84 Å². The van der Waals surface area contributed by atoms with Crippen molar-refractivity contribution in [3.63, 3.8) is 0 Å². The summed E-state index contributed by atoms with van der Waals surface area (Å²) >= 11 is 0. The number of pyridine rings is 1. The Morgan fingerprint density at radius 3 is 2.64 bits per heavy atom. The van der Waals surface area contributed by atoms with E-state index >= 15 is 0 Å². The number of hydrogen-bond acceptors (Lipinski definition) is 4. The van der Waals surface area contributed by atoms with Crippen molar-refractivity contribution in [2.45, 2.75) is 52.7 Å². The van der Waals surface area contributed by atoms with Crippen molar-refractivity contribution in [3.8, 4) is 11.3 Å². The zero-order valence-corrected chi connectivity index (χ0v) is 16.7. The maximum atomic E-state index is 11.6. The normalized spacial score (nSPS) is 11.7. The predicted octanol–water partition coefficient (Wildman–Crippen LogP) is 3.83. The lowest BCUT2D eigenvalue weighted by atomic mass is 10.1. The zero-order valence-electron chi connectivity index (χ0n) is 15.7. The monoisotopic (exact) mass is 361 g/mol. The molecule has 0 aliphatic rings. The van der Waals surface area contributed by atoms with Crippen molar-refractivity contribution in [1.29, 1.82) is 0 Å². The van der Waals surface area contributed by atoms with Crippen LogP contribution >= 0.6 is 0 Å². The molecule has 1 N–H and O–H groups in total. The first-order valence-electron chi connectivity index (χ1n) is 8.56. The number of carbonyl (C=O) groups is 1. The summed E-state index contributed by atoms with van der Waals surface area (Å²) in [6, 6.07) is 4.82. The second kappa shape index (κ2) is 7.92. The Morgan fingerprint density at radius 1 is 1.36 bits per heavy atom. The summed E-state index contributed by atoms with van der Waals surface area (Å²) in [5, 5.41) is 9.54. The summed E-state index contributed by atoms with van der Waals surface area (Å²) in [5.74, 6) is -1.02. The highest BCUT2D eigenvalue weighted by molar-refractivity contribution is 6.76. The van der Waals surface area contributed by atoms with Gasteiger partial charge in [-0.05, 0) is 31.5 Å². The number of ether oxygens (including phenoxy) is 1. The first-order chi connectivity index (χ1) is 11.7. The van der Waals surface area contributed by atoms with Crippen LogP contribution in [0.1, 0.15) is 28.9 Å². The van der Waals surface area contributed by atoms with Gasteiger partial charge in [0.2, 0.25) is 5.82 Å². The van der Waals surface area contributed by atoms with E-state index in [9.17, 15) is 9.90 Å². The van der Waals surface area contributed by atoms with Gasteiger partial charge >= 0.3 is 5.97 Å². The van der Waals surface area contributed by atoms with Gasteiger partial charge in [0.05, 0.1) is 5.69 Å². The maximum Gasteiger partial charge on any atom is 0.372 e. The Balaban J connectivity index is 2.33. The minimum atomic E-state index is -1.18. The van der Waals surface area contributed by atoms with Gasteiger partial charge in [-0.3, -0.25) is 9.55 Å². The lowest BCUT2D eigenvalue weighted by Gasteiger charge is -2.16. The van der Waals surface area contributed by atoms with E-state index in [1.165, 1.54) is 0 Å². The van der Waals surface area contributed by atoms with Crippen LogP contribution in [-0.2, 0) is 17.9 Å². The first kappa shape index (κ1) is 19.3. The van der Waals surface area contributed by atoms with Crippen LogP contribution in [-0.4, -0.2) is 40.3 Å². The molecule has 2 aromatic rings. The molecule has 0 aliphatic heterocycles. The lowest BCUT2D eigenvalue weighted by Crippen LogP contribution is -2.22.